The van der Waals surface area contributed by atoms with Crippen molar-refractivity contribution in [1.82, 2.24) is 5.32 Å². The standard InChI is InChI=1S/C18H30FNO/c1-7-20-16(10-13(2)12-18(3,4)5)14-8-9-17(21-6)15(19)11-14/h8-9,11,13,16,20H,7,10,12H2,1-6H3. The molecule has 120 valence electrons. The van der Waals surface area contributed by atoms with Crippen LogP contribution in [0.25, 0.3) is 0 Å². The van der Waals surface area contributed by atoms with E-state index in [4.69, 9.17) is 4.74 Å². The Morgan fingerprint density at radius 3 is 2.43 bits per heavy atom. The van der Waals surface area contributed by atoms with Gasteiger partial charge >= 0.3 is 0 Å². The van der Waals surface area contributed by atoms with Gasteiger partial charge in [-0.2, -0.15) is 0 Å². The molecule has 0 radical (unpaired) electrons. The summed E-state index contributed by atoms with van der Waals surface area (Å²) >= 11 is 0. The van der Waals surface area contributed by atoms with Crippen molar-refractivity contribution < 1.29 is 9.13 Å². The van der Waals surface area contributed by atoms with E-state index >= 15 is 0 Å². The lowest BCUT2D eigenvalue weighted by Crippen LogP contribution is -2.24. The Morgan fingerprint density at radius 2 is 1.95 bits per heavy atom. The summed E-state index contributed by atoms with van der Waals surface area (Å²) in [7, 11) is 1.49. The third-order valence-electron chi connectivity index (χ3n) is 3.63. The quantitative estimate of drug-likeness (QED) is 0.768. The second-order valence-corrected chi connectivity index (χ2v) is 7.11. The van der Waals surface area contributed by atoms with Gasteiger partial charge in [0.15, 0.2) is 11.6 Å². The first kappa shape index (κ1) is 18.0. The van der Waals surface area contributed by atoms with E-state index in [1.807, 2.05) is 6.07 Å². The number of nitrogens with one attached hydrogen (secondary N) is 1. The fourth-order valence-electron chi connectivity index (χ4n) is 3.01. The topological polar surface area (TPSA) is 21.3 Å². The Morgan fingerprint density at radius 1 is 1.29 bits per heavy atom. The molecule has 1 aromatic rings. The summed E-state index contributed by atoms with van der Waals surface area (Å²) in [4.78, 5) is 0. The van der Waals surface area contributed by atoms with Crippen molar-refractivity contribution in [3.05, 3.63) is 29.6 Å². The number of rotatable bonds is 7. The molecule has 2 unspecified atom stereocenters. The molecule has 21 heavy (non-hydrogen) atoms. The van der Waals surface area contributed by atoms with Crippen molar-refractivity contribution in [2.45, 2.75) is 53.5 Å². The highest BCUT2D eigenvalue weighted by Gasteiger charge is 2.20. The number of halogens is 1. The Labute approximate surface area is 129 Å². The van der Waals surface area contributed by atoms with Crippen LogP contribution in [0.5, 0.6) is 5.75 Å². The van der Waals surface area contributed by atoms with Gasteiger partial charge in [0.25, 0.3) is 0 Å². The monoisotopic (exact) mass is 295 g/mol. The molecule has 1 N–H and O–H groups in total. The highest BCUT2D eigenvalue weighted by atomic mass is 19.1. The minimum atomic E-state index is -0.290. The van der Waals surface area contributed by atoms with Crippen LogP contribution in [0.15, 0.2) is 18.2 Å². The average Bonchev–Trinajstić information content (AvgIpc) is 2.36. The highest BCUT2D eigenvalue weighted by Crippen LogP contribution is 2.31. The zero-order valence-corrected chi connectivity index (χ0v) is 14.3. The van der Waals surface area contributed by atoms with Crippen molar-refractivity contribution >= 4 is 0 Å². The van der Waals surface area contributed by atoms with Crippen LogP contribution in [0.1, 0.15) is 59.1 Å². The van der Waals surface area contributed by atoms with E-state index in [9.17, 15) is 4.39 Å². The van der Waals surface area contributed by atoms with Gasteiger partial charge in [0.2, 0.25) is 0 Å². The van der Waals surface area contributed by atoms with Gasteiger partial charge < -0.3 is 10.1 Å². The molecule has 1 rings (SSSR count). The lowest BCUT2D eigenvalue weighted by Gasteiger charge is -2.27. The maximum atomic E-state index is 13.9. The SMILES string of the molecule is CCNC(CC(C)CC(C)(C)C)c1ccc(OC)c(F)c1. The first-order valence-electron chi connectivity index (χ1n) is 7.83. The number of hydrogen-bond acceptors (Lipinski definition) is 2. The van der Waals surface area contributed by atoms with Gasteiger partial charge in [-0.25, -0.2) is 4.39 Å². The molecular weight excluding hydrogens is 265 g/mol. The summed E-state index contributed by atoms with van der Waals surface area (Å²) in [6, 6.07) is 5.45. The fraction of sp³-hybridized carbons (Fsp3) is 0.667. The second-order valence-electron chi connectivity index (χ2n) is 7.11. The van der Waals surface area contributed by atoms with Gasteiger partial charge in [-0.15, -0.1) is 0 Å². The summed E-state index contributed by atoms with van der Waals surface area (Å²) in [6.07, 6.45) is 2.17. The molecule has 0 aromatic heterocycles. The third kappa shape index (κ3) is 6.04. The molecule has 0 aliphatic carbocycles. The van der Waals surface area contributed by atoms with Crippen LogP contribution < -0.4 is 10.1 Å². The van der Waals surface area contributed by atoms with E-state index in [1.165, 1.54) is 7.11 Å². The van der Waals surface area contributed by atoms with Gasteiger partial charge in [0, 0.05) is 6.04 Å². The van der Waals surface area contributed by atoms with Crippen LogP contribution in [0.4, 0.5) is 4.39 Å². The van der Waals surface area contributed by atoms with Crippen LogP contribution in [0.3, 0.4) is 0 Å². The molecule has 2 atom stereocenters. The summed E-state index contributed by atoms with van der Waals surface area (Å²) in [5, 5.41) is 3.47. The molecule has 0 saturated heterocycles. The van der Waals surface area contributed by atoms with E-state index in [0.29, 0.717) is 17.1 Å². The first-order valence-corrected chi connectivity index (χ1v) is 7.83. The molecule has 0 heterocycles. The average molecular weight is 295 g/mol. The predicted octanol–water partition coefficient (Wildman–Crippen LogP) is 4.95. The van der Waals surface area contributed by atoms with Gasteiger partial charge in [0.1, 0.15) is 0 Å². The number of ether oxygens (including phenoxy) is 1. The summed E-state index contributed by atoms with van der Waals surface area (Å²) in [5.41, 5.74) is 1.32. The molecule has 0 fully saturated rings. The lowest BCUT2D eigenvalue weighted by molar-refractivity contribution is 0.276. The van der Waals surface area contributed by atoms with E-state index in [1.54, 1.807) is 12.1 Å². The lowest BCUT2D eigenvalue weighted by atomic mass is 9.82. The molecule has 0 spiro atoms. The van der Waals surface area contributed by atoms with E-state index in [2.05, 4.69) is 39.9 Å². The van der Waals surface area contributed by atoms with Gasteiger partial charge in [-0.05, 0) is 48.4 Å². The van der Waals surface area contributed by atoms with Crippen LogP contribution in [-0.4, -0.2) is 13.7 Å². The molecule has 0 aliphatic rings. The Bertz CT molecular complexity index is 439. The van der Waals surface area contributed by atoms with Crippen molar-refractivity contribution in [1.29, 1.82) is 0 Å². The van der Waals surface area contributed by atoms with Crippen molar-refractivity contribution in [3.63, 3.8) is 0 Å². The molecule has 0 amide bonds. The van der Waals surface area contributed by atoms with Crippen molar-refractivity contribution in [2.75, 3.05) is 13.7 Å². The van der Waals surface area contributed by atoms with Crippen molar-refractivity contribution in [3.8, 4) is 5.75 Å². The molecule has 0 aliphatic heterocycles. The van der Waals surface area contributed by atoms with Crippen LogP contribution in [0.2, 0.25) is 0 Å². The summed E-state index contributed by atoms with van der Waals surface area (Å²) in [5.74, 6) is 0.595. The molecule has 2 nitrogen and oxygen atoms in total. The van der Waals surface area contributed by atoms with Gasteiger partial charge in [-0.1, -0.05) is 40.7 Å². The molecular formula is C18H30FNO. The van der Waals surface area contributed by atoms with Crippen LogP contribution in [0, 0.1) is 17.2 Å². The minimum absolute atomic E-state index is 0.188. The maximum Gasteiger partial charge on any atom is 0.165 e. The number of benzene rings is 1. The molecule has 1 aromatic carbocycles. The highest BCUT2D eigenvalue weighted by molar-refractivity contribution is 5.31. The van der Waals surface area contributed by atoms with E-state index in [-0.39, 0.29) is 11.9 Å². The first-order chi connectivity index (χ1) is 9.76. The fourth-order valence-corrected chi connectivity index (χ4v) is 3.01. The zero-order valence-electron chi connectivity index (χ0n) is 14.3. The normalized spacial score (nSPS) is 14.8. The predicted molar refractivity (Wildman–Crippen MR) is 87.2 cm³/mol. The Balaban J connectivity index is 2.83. The minimum Gasteiger partial charge on any atom is -0.494 e. The Hall–Kier alpha value is -1.09. The summed E-state index contributed by atoms with van der Waals surface area (Å²) in [6.45, 7) is 12.0. The van der Waals surface area contributed by atoms with Gasteiger partial charge in [-0.3, -0.25) is 0 Å². The molecule has 3 heteroatoms. The molecule has 0 saturated carbocycles. The maximum absolute atomic E-state index is 13.9. The molecule has 0 bridgehead atoms. The van der Waals surface area contributed by atoms with E-state index in [0.717, 1.165) is 24.9 Å². The van der Waals surface area contributed by atoms with Crippen LogP contribution in [-0.2, 0) is 0 Å². The second kappa shape index (κ2) is 7.79. The smallest absolute Gasteiger partial charge is 0.165 e. The van der Waals surface area contributed by atoms with Crippen LogP contribution >= 0.6 is 0 Å². The van der Waals surface area contributed by atoms with E-state index < -0.39 is 0 Å². The largest absolute Gasteiger partial charge is 0.494 e. The number of hydrogen-bond donors (Lipinski definition) is 1. The zero-order chi connectivity index (χ0) is 16.0. The van der Waals surface area contributed by atoms with Crippen molar-refractivity contribution in [2.24, 2.45) is 11.3 Å². The summed E-state index contributed by atoms with van der Waals surface area (Å²) < 4.78 is 18.9. The van der Waals surface area contributed by atoms with Gasteiger partial charge in [0.05, 0.1) is 7.11 Å². The third-order valence-corrected chi connectivity index (χ3v) is 3.63. The Kier molecular flexibility index (Phi) is 6.66. The number of methoxy groups -OCH3 is 1.